The number of aryl methyl sites for hydroxylation is 1. The van der Waals surface area contributed by atoms with Crippen LogP contribution in [0.2, 0.25) is 5.02 Å². The number of ether oxygens (including phenoxy) is 1. The average molecular weight is 748 g/mol. The molecule has 0 aliphatic carbocycles. The number of nitrogens with zero attached hydrogens (tertiary/aromatic N) is 2. The number of fused-ring (bicyclic) bond motifs is 1. The van der Waals surface area contributed by atoms with Crippen LogP contribution in [0, 0.1) is 6.92 Å². The Morgan fingerprint density at radius 1 is 0.792 bits per heavy atom. The van der Waals surface area contributed by atoms with Gasteiger partial charge in [-0.25, -0.2) is 16.8 Å². The van der Waals surface area contributed by atoms with Crippen LogP contribution in [0.4, 0.5) is 17.1 Å². The van der Waals surface area contributed by atoms with E-state index in [0.29, 0.717) is 23.9 Å². The van der Waals surface area contributed by atoms with E-state index in [2.05, 4.69) is 15.0 Å². The van der Waals surface area contributed by atoms with E-state index in [-0.39, 0.29) is 80.5 Å². The van der Waals surface area contributed by atoms with E-state index in [4.69, 9.17) is 16.3 Å². The van der Waals surface area contributed by atoms with Crippen LogP contribution in [-0.2, 0) is 30.3 Å². The number of hydrogen-bond donors (Lipinski definition) is 2. The molecule has 19 heteroatoms. The molecule has 0 spiro atoms. The molecule has 0 heterocycles. The van der Waals surface area contributed by atoms with Crippen molar-refractivity contribution in [3.8, 4) is 17.2 Å². The van der Waals surface area contributed by atoms with Gasteiger partial charge in [-0.15, -0.1) is 5.11 Å². The summed E-state index contributed by atoms with van der Waals surface area (Å²) in [6.07, 6.45) is 0. The van der Waals surface area contributed by atoms with E-state index in [1.165, 1.54) is 42.5 Å². The summed E-state index contributed by atoms with van der Waals surface area (Å²) in [5, 5.41) is 20.5. The van der Waals surface area contributed by atoms with Gasteiger partial charge in [0.15, 0.2) is 0 Å². The number of nitrogens with one attached hydrogen (secondary N) is 1. The normalized spacial score (nSPS) is 11.9. The Kier molecular flexibility index (Phi) is 12.9. The average Bonchev–Trinajstić information content (AvgIpc) is 2.95. The molecule has 48 heavy (non-hydrogen) atoms. The van der Waals surface area contributed by atoms with Gasteiger partial charge in [0.1, 0.15) is 26.5 Å². The van der Waals surface area contributed by atoms with Gasteiger partial charge in [0.05, 0.1) is 26.9 Å². The third kappa shape index (κ3) is 9.35. The van der Waals surface area contributed by atoms with Gasteiger partial charge in [0, 0.05) is 16.5 Å². The van der Waals surface area contributed by atoms with Gasteiger partial charge in [0.2, 0.25) is 0 Å². The molecular formula is C29H20ClN3Na2O10S3. The van der Waals surface area contributed by atoms with Crippen LogP contribution in [0.15, 0.2) is 116 Å². The summed E-state index contributed by atoms with van der Waals surface area (Å²) in [5.74, 6) is -0.603. The summed E-state index contributed by atoms with van der Waals surface area (Å²) in [6.45, 7) is 1.72. The van der Waals surface area contributed by atoms with Gasteiger partial charge in [-0.1, -0.05) is 53.2 Å². The first kappa shape index (κ1) is 39.9. The topological polar surface area (TPSA) is 215 Å². The zero-order valence-electron chi connectivity index (χ0n) is 25.3. The third-order valence-corrected chi connectivity index (χ3v) is 9.63. The summed E-state index contributed by atoms with van der Waals surface area (Å²) >= 11 is 6.19. The first-order chi connectivity index (χ1) is 21.5. The summed E-state index contributed by atoms with van der Waals surface area (Å²) in [6, 6.07) is 20.2. The number of anilines is 1. The van der Waals surface area contributed by atoms with E-state index in [9.17, 15) is 39.5 Å². The van der Waals surface area contributed by atoms with Crippen LogP contribution < -0.4 is 73.7 Å². The predicted octanol–water partition coefficient (Wildman–Crippen LogP) is 0.0425. The Labute approximate surface area is 325 Å². The van der Waals surface area contributed by atoms with Gasteiger partial charge in [-0.2, -0.15) is 13.5 Å². The van der Waals surface area contributed by atoms with Gasteiger partial charge in [0.25, 0.3) is 20.1 Å². The minimum Gasteiger partial charge on any atom is -0.870 e. The maximum atomic E-state index is 13.8. The van der Waals surface area contributed by atoms with Crippen molar-refractivity contribution in [2.24, 2.45) is 10.2 Å². The number of hydrogen-bond acceptors (Lipinski definition) is 11. The number of sulfonamides is 1. The Morgan fingerprint density at radius 2 is 1.44 bits per heavy atom. The number of halogens is 1. The number of rotatable bonds is 9. The fourth-order valence-corrected chi connectivity index (χ4v) is 6.75. The summed E-state index contributed by atoms with van der Waals surface area (Å²) in [7, 11) is -15.0. The molecule has 238 valence electrons. The van der Waals surface area contributed by atoms with E-state index < -0.39 is 67.9 Å². The SMILES string of the molecule is Cc1ccc(S(=O)(=O)Nc2cc(S(=O)(=O)[O-])cc3cc(S(=O)(=O)O)c(N=Nc4cc(Cl)cc(Oc5ccccc5)c4)c([O-])c23)cc1.[Na+].[Na+]. The van der Waals surface area contributed by atoms with Crippen LogP contribution in [-0.4, -0.2) is 34.4 Å². The number of para-hydroxylation sites is 1. The molecule has 0 saturated heterocycles. The van der Waals surface area contributed by atoms with Crippen molar-refractivity contribution in [2.75, 3.05) is 4.72 Å². The molecule has 0 saturated carbocycles. The van der Waals surface area contributed by atoms with Crippen molar-refractivity contribution in [2.45, 2.75) is 21.6 Å². The zero-order valence-corrected chi connectivity index (χ0v) is 32.5. The third-order valence-electron chi connectivity index (χ3n) is 6.35. The Bertz CT molecular complexity index is 2360. The molecule has 5 aromatic carbocycles. The van der Waals surface area contributed by atoms with Crippen molar-refractivity contribution < 1.29 is 103 Å². The van der Waals surface area contributed by atoms with E-state index in [1.807, 2.05) is 0 Å². The van der Waals surface area contributed by atoms with Crippen molar-refractivity contribution in [3.05, 3.63) is 102 Å². The monoisotopic (exact) mass is 747 g/mol. The van der Waals surface area contributed by atoms with E-state index >= 15 is 0 Å². The molecule has 5 aromatic rings. The summed E-state index contributed by atoms with van der Waals surface area (Å²) in [5.41, 5.74) is -0.893. The molecule has 5 rings (SSSR count). The molecule has 0 aliphatic heterocycles. The second kappa shape index (κ2) is 15.5. The quantitative estimate of drug-likeness (QED) is 0.117. The molecule has 0 amide bonds. The molecule has 2 N–H and O–H groups in total. The first-order valence-electron chi connectivity index (χ1n) is 12.8. The molecule has 0 atom stereocenters. The molecular weight excluding hydrogens is 728 g/mol. The van der Waals surface area contributed by atoms with Crippen molar-refractivity contribution in [1.29, 1.82) is 0 Å². The van der Waals surface area contributed by atoms with Gasteiger partial charge >= 0.3 is 59.1 Å². The zero-order chi connectivity index (χ0) is 33.4. The largest absolute Gasteiger partial charge is 1.00 e. The summed E-state index contributed by atoms with van der Waals surface area (Å²) < 4.78 is 105. The predicted molar refractivity (Wildman–Crippen MR) is 165 cm³/mol. The molecule has 0 radical (unpaired) electrons. The van der Waals surface area contributed by atoms with Gasteiger partial charge < -0.3 is 14.4 Å². The fraction of sp³-hybridized carbons (Fsp3) is 0.0345. The van der Waals surface area contributed by atoms with Crippen molar-refractivity contribution in [3.63, 3.8) is 0 Å². The van der Waals surface area contributed by atoms with Crippen LogP contribution >= 0.6 is 11.6 Å². The van der Waals surface area contributed by atoms with Gasteiger partial charge in [-0.3, -0.25) is 9.27 Å². The number of benzene rings is 5. The second-order valence-electron chi connectivity index (χ2n) is 9.73. The minimum atomic E-state index is -5.26. The van der Waals surface area contributed by atoms with E-state index in [0.717, 1.165) is 5.56 Å². The molecule has 0 bridgehead atoms. The van der Waals surface area contributed by atoms with E-state index in [1.54, 1.807) is 37.3 Å². The standard InChI is InChI=1S/C29H22ClN3O10S3.2Na/c1-17-7-9-23(10-8-17)44(35,36)33-25-16-24(45(37,38)39)11-18-12-26(46(40,41)42)28(29(34)27(18)25)32-31-20-13-19(30)14-22(15-20)43-21-5-3-2-4-6-21;;/h2-16,33-34H,1H3,(H,37,38,39)(H,40,41,42);;/q;2*+1/p-2. The molecule has 0 fully saturated rings. The molecule has 0 aliphatic rings. The fourth-order valence-electron chi connectivity index (χ4n) is 4.28. The van der Waals surface area contributed by atoms with Crippen LogP contribution in [0.5, 0.6) is 17.2 Å². The Balaban J connectivity index is 0.00000312. The second-order valence-corrected chi connectivity index (χ2v) is 14.6. The van der Waals surface area contributed by atoms with Crippen molar-refractivity contribution >= 4 is 69.7 Å². The smallest absolute Gasteiger partial charge is 0.870 e. The van der Waals surface area contributed by atoms with Crippen molar-refractivity contribution in [1.82, 2.24) is 0 Å². The van der Waals surface area contributed by atoms with Crippen LogP contribution in [0.1, 0.15) is 5.56 Å². The Morgan fingerprint density at radius 3 is 2.04 bits per heavy atom. The van der Waals surface area contributed by atoms with Crippen LogP contribution in [0.3, 0.4) is 0 Å². The maximum Gasteiger partial charge on any atom is 1.00 e. The Hall–Kier alpha value is -2.58. The molecule has 0 aromatic heterocycles. The maximum absolute atomic E-state index is 13.8. The minimum absolute atomic E-state index is 0. The molecule has 13 nitrogen and oxygen atoms in total. The van der Waals surface area contributed by atoms with Crippen LogP contribution in [0.25, 0.3) is 10.8 Å². The summed E-state index contributed by atoms with van der Waals surface area (Å²) in [4.78, 5) is -2.34. The molecule has 0 unspecified atom stereocenters. The first-order valence-corrected chi connectivity index (χ1v) is 17.5. The number of azo groups is 1. The van der Waals surface area contributed by atoms with Gasteiger partial charge in [-0.05, 0) is 66.9 Å².